The van der Waals surface area contributed by atoms with Crippen molar-refractivity contribution in [3.8, 4) is 5.75 Å². The van der Waals surface area contributed by atoms with Crippen LogP contribution in [-0.4, -0.2) is 24.7 Å². The fourth-order valence-corrected chi connectivity index (χ4v) is 2.54. The maximum atomic E-state index is 14.1. The summed E-state index contributed by atoms with van der Waals surface area (Å²) < 4.78 is 19.4. The van der Waals surface area contributed by atoms with Crippen LogP contribution in [0.1, 0.15) is 37.4 Å². The largest absolute Gasteiger partial charge is 0.496 e. The second-order valence-corrected chi connectivity index (χ2v) is 5.66. The summed E-state index contributed by atoms with van der Waals surface area (Å²) in [5.74, 6) is -0.561. The molecule has 1 aliphatic rings. The fourth-order valence-electron chi connectivity index (χ4n) is 2.54. The van der Waals surface area contributed by atoms with Crippen molar-refractivity contribution in [3.63, 3.8) is 0 Å². The molecule has 2 N–H and O–H groups in total. The normalized spacial score (nSPS) is 22.8. The van der Waals surface area contributed by atoms with Gasteiger partial charge >= 0.3 is 5.97 Å². The van der Waals surface area contributed by atoms with Crippen LogP contribution >= 0.6 is 0 Å². The van der Waals surface area contributed by atoms with Gasteiger partial charge in [-0.1, -0.05) is 6.07 Å². The molecule has 1 saturated heterocycles. The van der Waals surface area contributed by atoms with Crippen LogP contribution in [0.5, 0.6) is 5.75 Å². The van der Waals surface area contributed by atoms with E-state index in [1.165, 1.54) is 13.8 Å². The van der Waals surface area contributed by atoms with Crippen LogP contribution in [0.3, 0.4) is 0 Å². The van der Waals surface area contributed by atoms with Gasteiger partial charge in [0.15, 0.2) is 0 Å². The van der Waals surface area contributed by atoms with Gasteiger partial charge in [0.25, 0.3) is 0 Å². The number of hydrogen-bond donors (Lipinski definition) is 2. The van der Waals surface area contributed by atoms with Gasteiger partial charge in [0.1, 0.15) is 11.4 Å². The van der Waals surface area contributed by atoms with Gasteiger partial charge in [0.2, 0.25) is 0 Å². The molecule has 0 aliphatic carbocycles. The van der Waals surface area contributed by atoms with Crippen molar-refractivity contribution in [1.29, 1.82) is 0 Å². The molecular formula is C15H20FNO3. The number of rotatable bonds is 4. The fraction of sp³-hybridized carbons (Fsp3) is 0.533. The lowest BCUT2D eigenvalue weighted by Crippen LogP contribution is -2.18. The number of carboxylic acid groups (broad SMARTS) is 1. The third-order valence-electron chi connectivity index (χ3n) is 3.77. The second-order valence-electron chi connectivity index (χ2n) is 5.66. The molecule has 2 unspecified atom stereocenters. The molecular weight excluding hydrogens is 261 g/mol. The first-order valence-corrected chi connectivity index (χ1v) is 6.66. The monoisotopic (exact) mass is 281 g/mol. The van der Waals surface area contributed by atoms with Crippen LogP contribution in [-0.2, 0) is 10.5 Å². The highest BCUT2D eigenvalue weighted by atomic mass is 19.1. The summed E-state index contributed by atoms with van der Waals surface area (Å²) in [5, 5.41) is 12.2. The van der Waals surface area contributed by atoms with Crippen molar-refractivity contribution in [2.45, 2.75) is 32.0 Å². The van der Waals surface area contributed by atoms with Gasteiger partial charge in [-0.2, -0.15) is 0 Å². The molecule has 0 spiro atoms. The minimum Gasteiger partial charge on any atom is -0.496 e. The summed E-state index contributed by atoms with van der Waals surface area (Å²) >= 11 is 0. The van der Waals surface area contributed by atoms with Gasteiger partial charge in [-0.15, -0.1) is 0 Å². The molecule has 5 heteroatoms. The second kappa shape index (κ2) is 5.40. The van der Waals surface area contributed by atoms with Crippen LogP contribution in [0.4, 0.5) is 4.39 Å². The first-order valence-electron chi connectivity index (χ1n) is 6.66. The molecule has 1 aromatic rings. The van der Waals surface area contributed by atoms with E-state index in [1.807, 2.05) is 0 Å². The highest BCUT2D eigenvalue weighted by Crippen LogP contribution is 2.36. The van der Waals surface area contributed by atoms with E-state index in [0.29, 0.717) is 24.3 Å². The van der Waals surface area contributed by atoms with E-state index in [2.05, 4.69) is 5.32 Å². The molecule has 1 heterocycles. The number of carboxylic acids is 1. The highest BCUT2D eigenvalue weighted by molar-refractivity contribution is 5.71. The summed E-state index contributed by atoms with van der Waals surface area (Å²) in [6.45, 7) is 3.42. The number of hydrogen-bond acceptors (Lipinski definition) is 3. The van der Waals surface area contributed by atoms with Crippen molar-refractivity contribution in [1.82, 2.24) is 5.32 Å². The van der Waals surface area contributed by atoms with Crippen LogP contribution in [0.15, 0.2) is 18.2 Å². The smallest absolute Gasteiger partial charge is 0.307 e. The Morgan fingerprint density at radius 3 is 2.70 bits per heavy atom. The molecule has 20 heavy (non-hydrogen) atoms. The average molecular weight is 281 g/mol. The SMILES string of the molecule is COc1ccc(C(C)(C)F)cc1C1CC(C(=O)O)CN1. The molecule has 2 rings (SSSR count). The minimum atomic E-state index is -1.44. The van der Waals surface area contributed by atoms with Gasteiger partial charge in [-0.3, -0.25) is 4.79 Å². The van der Waals surface area contributed by atoms with Crippen molar-refractivity contribution in [2.24, 2.45) is 5.92 Å². The zero-order valence-electron chi connectivity index (χ0n) is 11.9. The van der Waals surface area contributed by atoms with Crippen LogP contribution in [0, 0.1) is 5.92 Å². The van der Waals surface area contributed by atoms with Gasteiger partial charge in [-0.25, -0.2) is 4.39 Å². The van der Waals surface area contributed by atoms with Crippen LogP contribution < -0.4 is 10.1 Å². The Hall–Kier alpha value is -1.62. The molecule has 1 fully saturated rings. The molecule has 110 valence electrons. The molecule has 0 saturated carbocycles. The lowest BCUT2D eigenvalue weighted by Gasteiger charge is -2.20. The summed E-state index contributed by atoms with van der Waals surface area (Å²) in [7, 11) is 1.56. The van der Waals surface area contributed by atoms with E-state index in [9.17, 15) is 9.18 Å². The van der Waals surface area contributed by atoms with Crippen molar-refractivity contribution in [3.05, 3.63) is 29.3 Å². The molecule has 2 atom stereocenters. The van der Waals surface area contributed by atoms with Crippen molar-refractivity contribution in [2.75, 3.05) is 13.7 Å². The summed E-state index contributed by atoms with van der Waals surface area (Å²) in [6, 6.07) is 5.09. The van der Waals surface area contributed by atoms with E-state index < -0.39 is 17.6 Å². The van der Waals surface area contributed by atoms with Crippen molar-refractivity contribution >= 4 is 5.97 Å². The average Bonchev–Trinajstić information content (AvgIpc) is 2.86. The standard InChI is InChI=1S/C15H20FNO3/c1-15(2,16)10-4-5-13(20-3)11(7-10)12-6-9(8-17-12)14(18)19/h4-5,7,9,12,17H,6,8H2,1-3H3,(H,18,19). The predicted molar refractivity (Wildman–Crippen MR) is 73.6 cm³/mol. The Kier molecular flexibility index (Phi) is 3.99. The van der Waals surface area contributed by atoms with Crippen LogP contribution in [0.25, 0.3) is 0 Å². The Labute approximate surface area is 117 Å². The molecule has 4 nitrogen and oxygen atoms in total. The number of ether oxygens (including phenoxy) is 1. The maximum absolute atomic E-state index is 14.1. The quantitative estimate of drug-likeness (QED) is 0.890. The Morgan fingerprint density at radius 1 is 1.50 bits per heavy atom. The zero-order chi connectivity index (χ0) is 14.9. The number of halogens is 1. The topological polar surface area (TPSA) is 58.6 Å². The van der Waals surface area contributed by atoms with E-state index >= 15 is 0 Å². The molecule has 1 aromatic carbocycles. The molecule has 0 radical (unpaired) electrons. The Morgan fingerprint density at radius 2 is 2.20 bits per heavy atom. The molecule has 1 aliphatic heterocycles. The lowest BCUT2D eigenvalue weighted by atomic mass is 9.93. The number of nitrogens with one attached hydrogen (secondary N) is 1. The zero-order valence-corrected chi connectivity index (χ0v) is 11.9. The van der Waals surface area contributed by atoms with Crippen LogP contribution in [0.2, 0.25) is 0 Å². The first kappa shape index (κ1) is 14.8. The first-order chi connectivity index (χ1) is 9.32. The molecule has 0 aromatic heterocycles. The number of methoxy groups -OCH3 is 1. The van der Waals surface area contributed by atoms with Gasteiger partial charge in [0.05, 0.1) is 13.0 Å². The molecule has 0 amide bonds. The Balaban J connectivity index is 2.32. The van der Waals surface area contributed by atoms with Gasteiger partial charge in [-0.05, 0) is 38.0 Å². The highest BCUT2D eigenvalue weighted by Gasteiger charge is 2.32. The van der Waals surface area contributed by atoms with E-state index in [1.54, 1.807) is 25.3 Å². The number of alkyl halides is 1. The number of benzene rings is 1. The predicted octanol–water partition coefficient (Wildman–Crippen LogP) is 2.63. The minimum absolute atomic E-state index is 0.117. The van der Waals surface area contributed by atoms with E-state index in [-0.39, 0.29) is 6.04 Å². The van der Waals surface area contributed by atoms with Gasteiger partial charge < -0.3 is 15.2 Å². The number of aliphatic carboxylic acids is 1. The summed E-state index contributed by atoms with van der Waals surface area (Å²) in [5.41, 5.74) is -0.0559. The third kappa shape index (κ3) is 2.93. The van der Waals surface area contributed by atoms with Gasteiger partial charge in [0, 0.05) is 18.2 Å². The lowest BCUT2D eigenvalue weighted by molar-refractivity contribution is -0.141. The van der Waals surface area contributed by atoms with E-state index in [0.717, 1.165) is 5.56 Å². The maximum Gasteiger partial charge on any atom is 0.307 e. The third-order valence-corrected chi connectivity index (χ3v) is 3.77. The number of carbonyl (C=O) groups is 1. The van der Waals surface area contributed by atoms with E-state index in [4.69, 9.17) is 9.84 Å². The molecule has 0 bridgehead atoms. The summed E-state index contributed by atoms with van der Waals surface area (Å²) in [6.07, 6.45) is 0.488. The Bertz CT molecular complexity index is 510. The van der Waals surface area contributed by atoms with Crippen molar-refractivity contribution < 1.29 is 19.0 Å². The summed E-state index contributed by atoms with van der Waals surface area (Å²) in [4.78, 5) is 11.0.